The summed E-state index contributed by atoms with van der Waals surface area (Å²) in [5.41, 5.74) is 1.85. The molecule has 0 unspecified atom stereocenters. The molecular formula is C61H107N5O7. The van der Waals surface area contributed by atoms with Crippen LogP contribution in [0, 0.1) is 80.3 Å². The molecule has 18 atom stereocenters. The number of carbonyl (C=O) groups excluding carboxylic acids is 4. The van der Waals surface area contributed by atoms with Gasteiger partial charge in [-0.25, -0.2) is 0 Å². The Morgan fingerprint density at radius 3 is 2.04 bits per heavy atom. The van der Waals surface area contributed by atoms with Gasteiger partial charge in [-0.05, 0) is 172 Å². The van der Waals surface area contributed by atoms with Crippen LogP contribution in [0.15, 0.2) is 12.2 Å². The summed E-state index contributed by atoms with van der Waals surface area (Å²) in [5, 5.41) is 17.9. The molecule has 12 heteroatoms. The second kappa shape index (κ2) is 22.8. The third-order valence-corrected chi connectivity index (χ3v) is 22.8. The monoisotopic (exact) mass is 1020 g/mol. The third kappa shape index (κ3) is 10.6. The summed E-state index contributed by atoms with van der Waals surface area (Å²) in [4.78, 5) is 63.0. The average Bonchev–Trinajstić information content (AvgIpc) is 3.97. The highest BCUT2D eigenvalue weighted by atomic mass is 16.5. The summed E-state index contributed by atoms with van der Waals surface area (Å²) in [6, 6.07) is -1.85. The number of aliphatic hydroxyl groups is 1. The molecule has 5 saturated carbocycles. The number of likely N-dealkylation sites (tertiary alicyclic amines) is 1. The molecule has 0 radical (unpaired) electrons. The van der Waals surface area contributed by atoms with Crippen molar-refractivity contribution in [1.82, 2.24) is 25.3 Å². The molecule has 5 aliphatic carbocycles. The van der Waals surface area contributed by atoms with Crippen molar-refractivity contribution in [2.24, 2.45) is 80.3 Å². The maximum atomic E-state index is 14.7. The summed E-state index contributed by atoms with van der Waals surface area (Å²) in [6.45, 7) is 34.8. The highest BCUT2D eigenvalue weighted by Crippen LogP contribution is 2.77. The third-order valence-electron chi connectivity index (χ3n) is 22.8. The Hall–Kier alpha value is -2.54. The van der Waals surface area contributed by atoms with Crippen LogP contribution in [-0.4, -0.2) is 134 Å². The molecule has 73 heavy (non-hydrogen) atoms. The van der Waals surface area contributed by atoms with Crippen molar-refractivity contribution >= 4 is 23.6 Å². The number of rotatable bonds is 20. The van der Waals surface area contributed by atoms with Gasteiger partial charge in [0.1, 0.15) is 6.04 Å². The number of amides is 4. The number of hydrogen-bond acceptors (Lipinski definition) is 8. The Morgan fingerprint density at radius 2 is 1.47 bits per heavy atom. The van der Waals surface area contributed by atoms with Gasteiger partial charge in [0.25, 0.3) is 0 Å². The van der Waals surface area contributed by atoms with Crippen molar-refractivity contribution in [3.8, 4) is 0 Å². The van der Waals surface area contributed by atoms with Gasteiger partial charge in [-0.2, -0.15) is 0 Å². The van der Waals surface area contributed by atoms with Crippen LogP contribution in [0.3, 0.4) is 0 Å². The fourth-order valence-corrected chi connectivity index (χ4v) is 18.4. The molecule has 1 heterocycles. The molecule has 0 bridgehead atoms. The van der Waals surface area contributed by atoms with Gasteiger partial charge in [0.15, 0.2) is 0 Å². The van der Waals surface area contributed by atoms with Gasteiger partial charge < -0.3 is 35.0 Å². The van der Waals surface area contributed by atoms with Crippen LogP contribution in [-0.2, 0) is 28.7 Å². The van der Waals surface area contributed by atoms with Crippen molar-refractivity contribution < 1.29 is 33.8 Å². The summed E-state index contributed by atoms with van der Waals surface area (Å²) < 4.78 is 12.4. The van der Waals surface area contributed by atoms with Gasteiger partial charge in [-0.15, -0.1) is 0 Å². The molecule has 1 saturated heterocycles. The fraction of sp³-hybridized carbons (Fsp3) is 0.902. The van der Waals surface area contributed by atoms with E-state index in [1.807, 2.05) is 58.5 Å². The average molecular weight is 1020 g/mol. The lowest BCUT2D eigenvalue weighted by atomic mass is 9.32. The zero-order valence-corrected chi connectivity index (χ0v) is 49.5. The van der Waals surface area contributed by atoms with E-state index in [1.54, 1.807) is 26.2 Å². The van der Waals surface area contributed by atoms with Crippen molar-refractivity contribution in [2.45, 2.75) is 222 Å². The van der Waals surface area contributed by atoms with E-state index in [2.05, 4.69) is 72.6 Å². The van der Waals surface area contributed by atoms with Crippen molar-refractivity contribution in [3.05, 3.63) is 12.2 Å². The molecule has 1 aliphatic heterocycles. The standard InChI is InChI=1S/C61H107N5O7/c1-20-39(8)52(65(17)56(71)50(37(4)5)63-55(70)51(38(6)7)64(15)16)44(72-18)34-48(68)66-33-21-22-43(66)53(73-19)40(9)54(69)62-35-61-30-25-41(36(2)3)49(61)42-23-24-46-58(12)28-27-47(67)57(10,11)45(58)26-29-60(46,14)59(42,13)31-32-61/h37-47,49-53,67H,2,20-35H2,1,3-19H3,(H,62,69)(H,63,70)/t39-,40+,41-,42+,43-,44+,45-,46+,47-,49+,50-,51-,52-,53+,58-,59+,60+,61+/m0/s1. The number of allylic oxidation sites excluding steroid dienone is 1. The van der Waals surface area contributed by atoms with Crippen molar-refractivity contribution in [2.75, 3.05) is 48.5 Å². The molecule has 6 fully saturated rings. The Bertz CT molecular complexity index is 1970. The Balaban J connectivity index is 1.15. The zero-order valence-electron chi connectivity index (χ0n) is 49.5. The number of methoxy groups -OCH3 is 2. The molecule has 12 nitrogen and oxygen atoms in total. The number of likely N-dealkylation sites (N-methyl/N-ethyl adjacent to an activating group) is 2. The first kappa shape index (κ1) is 59.7. The molecule has 0 aromatic carbocycles. The zero-order chi connectivity index (χ0) is 54.5. The molecule has 418 valence electrons. The molecule has 0 spiro atoms. The molecule has 6 aliphatic rings. The maximum Gasteiger partial charge on any atom is 0.245 e. The Kier molecular flexibility index (Phi) is 18.7. The van der Waals surface area contributed by atoms with E-state index < -0.39 is 30.2 Å². The number of ether oxygens (including phenoxy) is 2. The summed E-state index contributed by atoms with van der Waals surface area (Å²) in [6.07, 6.45) is 12.5. The minimum atomic E-state index is -0.750. The van der Waals surface area contributed by atoms with Crippen LogP contribution in [0.5, 0.6) is 0 Å². The molecular weight excluding hydrogens is 915 g/mol. The van der Waals surface area contributed by atoms with Crippen LogP contribution in [0.4, 0.5) is 0 Å². The first-order chi connectivity index (χ1) is 34.0. The number of aliphatic hydroxyl groups excluding tert-OH is 1. The highest BCUT2D eigenvalue weighted by Gasteiger charge is 2.71. The quantitative estimate of drug-likeness (QED) is 0.103. The summed E-state index contributed by atoms with van der Waals surface area (Å²) in [7, 11) is 8.83. The molecule has 0 aromatic heterocycles. The van der Waals surface area contributed by atoms with Crippen molar-refractivity contribution in [1.29, 1.82) is 0 Å². The van der Waals surface area contributed by atoms with E-state index in [-0.39, 0.29) is 93.1 Å². The molecule has 4 amide bonds. The highest BCUT2D eigenvalue weighted by molar-refractivity contribution is 5.90. The van der Waals surface area contributed by atoms with Gasteiger partial charge >= 0.3 is 0 Å². The largest absolute Gasteiger partial charge is 0.393 e. The van der Waals surface area contributed by atoms with E-state index in [4.69, 9.17) is 9.47 Å². The second-order valence-corrected chi connectivity index (χ2v) is 27.6. The summed E-state index contributed by atoms with van der Waals surface area (Å²) in [5.74, 6) is 1.56. The number of carbonyl (C=O) groups is 4. The minimum Gasteiger partial charge on any atom is -0.393 e. The normalized spacial score (nSPS) is 36.7. The predicted molar refractivity (Wildman–Crippen MR) is 293 cm³/mol. The SMILES string of the molecule is C=C(C)[C@@H]1CC[C@]2(CNC(=O)[C@H](C)[C@@H](OC)[C@@H]3CCCN3C(=O)C[C@@H](OC)[C@H]([C@@H](C)CC)N(C)C(=O)[C@@H](NC(=O)[C@H](C(C)C)N(C)C)C(C)C)CC[C@]3(C)[C@H](CC[C@@H]4[C@@]5(C)CC[C@H](O)C(C)(C)[C@@H]5CC[C@]43C)[C@@H]12. The molecule has 6 rings (SSSR count). The van der Waals surface area contributed by atoms with E-state index in [0.717, 1.165) is 51.4 Å². The second-order valence-electron chi connectivity index (χ2n) is 27.6. The molecule has 3 N–H and O–H groups in total. The van der Waals surface area contributed by atoms with Gasteiger partial charge in [0.2, 0.25) is 23.6 Å². The van der Waals surface area contributed by atoms with Crippen LogP contribution < -0.4 is 10.6 Å². The first-order valence-corrected chi connectivity index (χ1v) is 29.2. The van der Waals surface area contributed by atoms with Gasteiger partial charge in [0, 0.05) is 34.4 Å². The van der Waals surface area contributed by atoms with Crippen LogP contribution in [0.25, 0.3) is 0 Å². The topological polar surface area (TPSA) is 141 Å². The lowest BCUT2D eigenvalue weighted by Gasteiger charge is -2.73. The van der Waals surface area contributed by atoms with E-state index >= 15 is 0 Å². The summed E-state index contributed by atoms with van der Waals surface area (Å²) >= 11 is 0. The lowest BCUT2D eigenvalue weighted by Crippen LogP contribution is -2.67. The Morgan fingerprint density at radius 1 is 0.795 bits per heavy atom. The van der Waals surface area contributed by atoms with E-state index in [9.17, 15) is 24.3 Å². The van der Waals surface area contributed by atoms with Gasteiger partial charge in [-0.1, -0.05) is 102 Å². The minimum absolute atomic E-state index is 0.00171. The first-order valence-electron chi connectivity index (χ1n) is 29.2. The predicted octanol–water partition coefficient (Wildman–Crippen LogP) is 9.77. The molecule has 0 aromatic rings. The number of hydrogen-bond donors (Lipinski definition) is 3. The van der Waals surface area contributed by atoms with Crippen LogP contribution >= 0.6 is 0 Å². The fourth-order valence-electron chi connectivity index (χ4n) is 18.4. The van der Waals surface area contributed by atoms with Gasteiger partial charge in [-0.3, -0.25) is 24.1 Å². The van der Waals surface area contributed by atoms with Crippen LogP contribution in [0.1, 0.15) is 180 Å². The van der Waals surface area contributed by atoms with E-state index in [1.165, 1.54) is 37.7 Å². The lowest BCUT2D eigenvalue weighted by molar-refractivity contribution is -0.247. The van der Waals surface area contributed by atoms with Crippen molar-refractivity contribution in [3.63, 3.8) is 0 Å². The number of fused-ring (bicyclic) bond motifs is 7. The maximum absolute atomic E-state index is 14.7. The smallest absolute Gasteiger partial charge is 0.245 e. The van der Waals surface area contributed by atoms with Crippen LogP contribution in [0.2, 0.25) is 0 Å². The number of nitrogens with one attached hydrogen (secondary N) is 2. The van der Waals surface area contributed by atoms with Gasteiger partial charge in [0.05, 0.1) is 48.8 Å². The Labute approximate surface area is 444 Å². The number of nitrogens with zero attached hydrogens (tertiary/aromatic N) is 3. The van der Waals surface area contributed by atoms with E-state index in [0.29, 0.717) is 42.7 Å².